The molecule has 1 fully saturated rings. The van der Waals surface area contributed by atoms with Crippen molar-refractivity contribution in [3.05, 3.63) is 71.2 Å². The third-order valence-electron chi connectivity index (χ3n) is 4.75. The molecule has 26 heavy (non-hydrogen) atoms. The lowest BCUT2D eigenvalue weighted by atomic mass is 10.0. The minimum absolute atomic E-state index is 0.257. The van der Waals surface area contributed by atoms with Crippen molar-refractivity contribution in [3.63, 3.8) is 0 Å². The van der Waals surface area contributed by atoms with E-state index in [4.69, 9.17) is 11.6 Å². The highest BCUT2D eigenvalue weighted by Gasteiger charge is 2.16. The van der Waals surface area contributed by atoms with E-state index >= 15 is 0 Å². The van der Waals surface area contributed by atoms with Crippen LogP contribution in [0.2, 0.25) is 5.02 Å². The zero-order valence-electron chi connectivity index (χ0n) is 14.3. The van der Waals surface area contributed by atoms with Crippen molar-refractivity contribution in [1.29, 1.82) is 0 Å². The highest BCUT2D eigenvalue weighted by Crippen LogP contribution is 2.26. The molecule has 1 aliphatic heterocycles. The summed E-state index contributed by atoms with van der Waals surface area (Å²) >= 11 is 5.96. The van der Waals surface area contributed by atoms with Gasteiger partial charge >= 0.3 is 0 Å². The van der Waals surface area contributed by atoms with E-state index in [1.54, 1.807) is 12.3 Å². The predicted octanol–water partition coefficient (Wildman–Crippen LogP) is 4.35. The van der Waals surface area contributed by atoms with Crippen molar-refractivity contribution in [2.45, 2.75) is 0 Å². The molecule has 5 heteroatoms. The molecule has 1 aliphatic rings. The van der Waals surface area contributed by atoms with Crippen LogP contribution in [0.4, 0.5) is 5.69 Å². The summed E-state index contributed by atoms with van der Waals surface area (Å²) < 4.78 is 0. The first kappa shape index (κ1) is 16.7. The molecule has 0 aromatic heterocycles. The Morgan fingerprint density at radius 1 is 0.885 bits per heavy atom. The van der Waals surface area contributed by atoms with E-state index in [0.29, 0.717) is 0 Å². The number of anilines is 1. The molecule has 1 heterocycles. The van der Waals surface area contributed by atoms with E-state index < -0.39 is 0 Å². The molecule has 0 aliphatic carbocycles. The van der Waals surface area contributed by atoms with Crippen LogP contribution in [-0.4, -0.2) is 42.5 Å². The Labute approximate surface area is 157 Å². The van der Waals surface area contributed by atoms with Crippen LogP contribution in [0.3, 0.4) is 0 Å². The number of benzene rings is 3. The Kier molecular flexibility index (Phi) is 4.67. The van der Waals surface area contributed by atoms with Gasteiger partial charge in [-0.25, -0.2) is 0 Å². The molecule has 4 rings (SSSR count). The van der Waals surface area contributed by atoms with E-state index in [0.717, 1.165) is 47.5 Å². The van der Waals surface area contributed by atoms with Crippen molar-refractivity contribution < 1.29 is 5.11 Å². The third-order valence-corrected chi connectivity index (χ3v) is 5.00. The summed E-state index contributed by atoms with van der Waals surface area (Å²) in [6, 6.07) is 19.6. The van der Waals surface area contributed by atoms with Crippen LogP contribution < -0.4 is 4.90 Å². The van der Waals surface area contributed by atoms with Gasteiger partial charge in [0.1, 0.15) is 5.75 Å². The maximum absolute atomic E-state index is 10.2. The fourth-order valence-corrected chi connectivity index (χ4v) is 3.41. The average Bonchev–Trinajstić information content (AvgIpc) is 2.68. The number of hydrazone groups is 1. The number of phenolic OH excluding ortho intramolecular Hbond substituents is 1. The molecule has 4 nitrogen and oxygen atoms in total. The Hall–Kier alpha value is -2.72. The van der Waals surface area contributed by atoms with E-state index in [-0.39, 0.29) is 5.75 Å². The number of rotatable bonds is 3. The van der Waals surface area contributed by atoms with Gasteiger partial charge < -0.3 is 10.0 Å². The number of piperazine rings is 1. The zero-order chi connectivity index (χ0) is 17.9. The summed E-state index contributed by atoms with van der Waals surface area (Å²) in [5, 5.41) is 19.7. The second-order valence-electron chi connectivity index (χ2n) is 6.38. The van der Waals surface area contributed by atoms with E-state index in [1.165, 1.54) is 5.69 Å². The molecule has 0 amide bonds. The normalized spacial score (nSPS) is 15.1. The zero-order valence-corrected chi connectivity index (χ0v) is 15.1. The van der Waals surface area contributed by atoms with Gasteiger partial charge in [-0.05, 0) is 41.1 Å². The van der Waals surface area contributed by atoms with Crippen molar-refractivity contribution >= 4 is 34.3 Å². The van der Waals surface area contributed by atoms with Crippen molar-refractivity contribution in [2.75, 3.05) is 31.1 Å². The van der Waals surface area contributed by atoms with Gasteiger partial charge in [-0.3, -0.25) is 5.01 Å². The lowest BCUT2D eigenvalue weighted by Crippen LogP contribution is -2.44. The van der Waals surface area contributed by atoms with Crippen LogP contribution in [0, 0.1) is 0 Å². The lowest BCUT2D eigenvalue weighted by molar-refractivity contribution is 0.272. The van der Waals surface area contributed by atoms with Gasteiger partial charge in [-0.2, -0.15) is 5.10 Å². The fourth-order valence-electron chi connectivity index (χ4n) is 3.28. The molecule has 1 N–H and O–H groups in total. The number of hydrogen-bond acceptors (Lipinski definition) is 4. The van der Waals surface area contributed by atoms with Gasteiger partial charge in [0.15, 0.2) is 0 Å². The number of nitrogens with zero attached hydrogens (tertiary/aromatic N) is 3. The van der Waals surface area contributed by atoms with Gasteiger partial charge in [-0.1, -0.05) is 41.9 Å². The molecule has 0 radical (unpaired) electrons. The Balaban J connectivity index is 1.46. The average molecular weight is 366 g/mol. The molecule has 1 saturated heterocycles. The summed E-state index contributed by atoms with van der Waals surface area (Å²) in [6.07, 6.45) is 1.77. The Bertz CT molecular complexity index is 932. The topological polar surface area (TPSA) is 39.1 Å². The van der Waals surface area contributed by atoms with Gasteiger partial charge in [0.05, 0.1) is 19.3 Å². The Morgan fingerprint density at radius 2 is 1.62 bits per heavy atom. The van der Waals surface area contributed by atoms with Crippen LogP contribution in [0.1, 0.15) is 5.56 Å². The number of hydrogen-bond donors (Lipinski definition) is 1. The SMILES string of the molecule is Oc1ccc2ccccc2c1/C=N\N1CCN(c2ccc(Cl)cc2)CC1. The molecular formula is C21H20ClN3O. The molecule has 0 saturated carbocycles. The molecule has 3 aromatic carbocycles. The summed E-state index contributed by atoms with van der Waals surface area (Å²) in [6.45, 7) is 3.48. The molecule has 0 bridgehead atoms. The Morgan fingerprint density at radius 3 is 2.38 bits per heavy atom. The summed E-state index contributed by atoms with van der Waals surface area (Å²) in [4.78, 5) is 2.33. The highest BCUT2D eigenvalue weighted by molar-refractivity contribution is 6.30. The predicted molar refractivity (Wildman–Crippen MR) is 108 cm³/mol. The molecule has 132 valence electrons. The summed E-state index contributed by atoms with van der Waals surface area (Å²) in [7, 11) is 0. The molecule has 0 unspecified atom stereocenters. The number of fused-ring (bicyclic) bond motifs is 1. The maximum atomic E-state index is 10.2. The van der Waals surface area contributed by atoms with E-state index in [9.17, 15) is 5.11 Å². The minimum atomic E-state index is 0.257. The van der Waals surface area contributed by atoms with Gasteiger partial charge in [0, 0.05) is 29.4 Å². The van der Waals surface area contributed by atoms with Crippen molar-refractivity contribution in [1.82, 2.24) is 5.01 Å². The molecular weight excluding hydrogens is 346 g/mol. The second-order valence-corrected chi connectivity index (χ2v) is 6.82. The molecule has 0 spiro atoms. The van der Waals surface area contributed by atoms with Crippen LogP contribution in [0.15, 0.2) is 65.8 Å². The maximum Gasteiger partial charge on any atom is 0.125 e. The van der Waals surface area contributed by atoms with Crippen LogP contribution in [0.25, 0.3) is 10.8 Å². The van der Waals surface area contributed by atoms with Crippen molar-refractivity contribution in [2.24, 2.45) is 5.10 Å². The van der Waals surface area contributed by atoms with Gasteiger partial charge in [-0.15, -0.1) is 0 Å². The van der Waals surface area contributed by atoms with Crippen LogP contribution >= 0.6 is 11.6 Å². The smallest absolute Gasteiger partial charge is 0.125 e. The molecule has 3 aromatic rings. The van der Waals surface area contributed by atoms with Crippen LogP contribution in [0.5, 0.6) is 5.75 Å². The quantitative estimate of drug-likeness (QED) is 0.701. The summed E-state index contributed by atoms with van der Waals surface area (Å²) in [5.41, 5.74) is 1.95. The highest BCUT2D eigenvalue weighted by atomic mass is 35.5. The summed E-state index contributed by atoms with van der Waals surface area (Å²) in [5.74, 6) is 0.257. The standard InChI is InChI=1S/C21H20ClN3O/c22-17-6-8-18(9-7-17)24-11-13-25(14-12-24)23-15-20-19-4-2-1-3-16(19)5-10-21(20)26/h1-10,15,26H,11-14H2/b23-15-. The van der Waals surface area contributed by atoms with Gasteiger partial charge in [0.25, 0.3) is 0 Å². The minimum Gasteiger partial charge on any atom is -0.507 e. The number of phenols is 1. The second kappa shape index (κ2) is 7.26. The monoisotopic (exact) mass is 365 g/mol. The van der Waals surface area contributed by atoms with E-state index in [1.807, 2.05) is 47.5 Å². The first-order valence-corrected chi connectivity index (χ1v) is 9.09. The number of aromatic hydroxyl groups is 1. The van der Waals surface area contributed by atoms with Crippen molar-refractivity contribution in [3.8, 4) is 5.75 Å². The number of halogens is 1. The third kappa shape index (κ3) is 3.46. The molecule has 0 atom stereocenters. The first-order valence-electron chi connectivity index (χ1n) is 8.71. The van der Waals surface area contributed by atoms with E-state index in [2.05, 4.69) is 22.1 Å². The first-order chi connectivity index (χ1) is 12.7. The van der Waals surface area contributed by atoms with Crippen LogP contribution in [-0.2, 0) is 0 Å². The lowest BCUT2D eigenvalue weighted by Gasteiger charge is -2.34. The fraction of sp³-hybridized carbons (Fsp3) is 0.190. The largest absolute Gasteiger partial charge is 0.507 e. The van der Waals surface area contributed by atoms with Gasteiger partial charge in [0.2, 0.25) is 0 Å².